The maximum Gasteiger partial charge on any atom is 0.223 e. The predicted octanol–water partition coefficient (Wildman–Crippen LogP) is 4.93. The van der Waals surface area contributed by atoms with Crippen LogP contribution in [0.25, 0.3) is 11.3 Å². The Morgan fingerprint density at radius 2 is 1.62 bits per heavy atom. The minimum absolute atomic E-state index is 0.0266. The third-order valence-electron chi connectivity index (χ3n) is 5.14. The number of carbonyl (C=O) groups is 2. The average molecular weight is 428 g/mol. The molecule has 0 fully saturated rings. The molecule has 1 aliphatic heterocycles. The van der Waals surface area contributed by atoms with E-state index in [4.69, 9.17) is 23.2 Å². The lowest BCUT2D eigenvalue weighted by Gasteiger charge is -2.27. The van der Waals surface area contributed by atoms with Gasteiger partial charge in [0.05, 0.1) is 5.69 Å². The Balaban J connectivity index is 1.42. The molecule has 7 heteroatoms. The van der Waals surface area contributed by atoms with Crippen molar-refractivity contribution in [1.29, 1.82) is 0 Å². The number of ketones is 1. The largest absolute Gasteiger partial charge is 0.338 e. The Kier molecular flexibility index (Phi) is 5.69. The van der Waals surface area contributed by atoms with Crippen molar-refractivity contribution in [2.75, 3.05) is 6.54 Å². The Morgan fingerprint density at radius 3 is 2.31 bits per heavy atom. The van der Waals surface area contributed by atoms with E-state index in [0.29, 0.717) is 35.1 Å². The molecular formula is C22H19Cl2N3O2. The van der Waals surface area contributed by atoms with Crippen molar-refractivity contribution < 1.29 is 9.59 Å². The van der Waals surface area contributed by atoms with Gasteiger partial charge in [0.25, 0.3) is 0 Å². The minimum atomic E-state index is -0.0575. The Labute approximate surface area is 178 Å². The van der Waals surface area contributed by atoms with Gasteiger partial charge in [-0.2, -0.15) is 5.10 Å². The summed E-state index contributed by atoms with van der Waals surface area (Å²) in [6, 6.07) is 14.2. The van der Waals surface area contributed by atoms with Crippen LogP contribution in [0.5, 0.6) is 0 Å². The normalized spacial score (nSPS) is 13.2. The number of H-pyrrole nitrogens is 1. The Morgan fingerprint density at radius 1 is 0.966 bits per heavy atom. The summed E-state index contributed by atoms with van der Waals surface area (Å²) in [5, 5.41) is 8.78. The van der Waals surface area contributed by atoms with Gasteiger partial charge in [0.15, 0.2) is 5.78 Å². The van der Waals surface area contributed by atoms with E-state index in [1.165, 1.54) is 0 Å². The van der Waals surface area contributed by atoms with Crippen LogP contribution in [-0.2, 0) is 17.8 Å². The lowest BCUT2D eigenvalue weighted by Crippen LogP contribution is -2.36. The molecule has 0 atom stereocenters. The first-order valence-electron chi connectivity index (χ1n) is 9.40. The van der Waals surface area contributed by atoms with Crippen LogP contribution in [0.2, 0.25) is 10.0 Å². The van der Waals surface area contributed by atoms with E-state index < -0.39 is 0 Å². The molecule has 1 amide bonds. The van der Waals surface area contributed by atoms with Crippen molar-refractivity contribution >= 4 is 34.9 Å². The van der Waals surface area contributed by atoms with Crippen molar-refractivity contribution in [1.82, 2.24) is 15.1 Å². The molecule has 3 aromatic rings. The molecule has 2 heterocycles. The van der Waals surface area contributed by atoms with Gasteiger partial charge in [-0.3, -0.25) is 14.7 Å². The molecule has 148 valence electrons. The molecule has 0 spiro atoms. The molecule has 0 unspecified atom stereocenters. The molecule has 1 aromatic heterocycles. The standard InChI is InChI=1S/C22H19Cl2N3O2/c23-16-5-1-14(2-6-16)20(28)9-10-21(29)27-12-11-19-18(13-27)22(26-25-19)15-3-7-17(24)8-4-15/h1-8H,9-13H2,(H,25,26). The molecule has 2 aromatic carbocycles. The van der Waals surface area contributed by atoms with Crippen molar-refractivity contribution in [3.8, 4) is 11.3 Å². The topological polar surface area (TPSA) is 66.1 Å². The van der Waals surface area contributed by atoms with Gasteiger partial charge in [-0.25, -0.2) is 0 Å². The summed E-state index contributed by atoms with van der Waals surface area (Å²) in [5.74, 6) is -0.0842. The number of nitrogens with zero attached hydrogens (tertiary/aromatic N) is 2. The fourth-order valence-electron chi connectivity index (χ4n) is 3.51. The third kappa shape index (κ3) is 4.36. The lowest BCUT2D eigenvalue weighted by atomic mass is 10.00. The number of benzene rings is 2. The summed E-state index contributed by atoms with van der Waals surface area (Å²) < 4.78 is 0. The summed E-state index contributed by atoms with van der Waals surface area (Å²) in [5.41, 5.74) is 4.45. The Hall–Kier alpha value is -2.63. The van der Waals surface area contributed by atoms with E-state index in [0.717, 1.165) is 22.5 Å². The summed E-state index contributed by atoms with van der Waals surface area (Å²) >= 11 is 11.8. The van der Waals surface area contributed by atoms with E-state index in [1.54, 1.807) is 29.2 Å². The summed E-state index contributed by atoms with van der Waals surface area (Å²) in [7, 11) is 0. The minimum Gasteiger partial charge on any atom is -0.338 e. The van der Waals surface area contributed by atoms with Crippen LogP contribution < -0.4 is 0 Å². The summed E-state index contributed by atoms with van der Waals surface area (Å²) in [4.78, 5) is 26.8. The van der Waals surface area contributed by atoms with Crippen molar-refractivity contribution in [2.45, 2.75) is 25.8 Å². The van der Waals surface area contributed by atoms with Crippen molar-refractivity contribution in [3.63, 3.8) is 0 Å². The predicted molar refractivity (Wildman–Crippen MR) is 113 cm³/mol. The number of amides is 1. The highest BCUT2D eigenvalue weighted by atomic mass is 35.5. The molecule has 0 bridgehead atoms. The second kappa shape index (κ2) is 8.39. The van der Waals surface area contributed by atoms with Gasteiger partial charge in [0.1, 0.15) is 0 Å². The van der Waals surface area contributed by atoms with Gasteiger partial charge < -0.3 is 4.90 Å². The number of halogens is 2. The number of aromatic nitrogens is 2. The number of nitrogens with one attached hydrogen (secondary N) is 1. The molecule has 5 nitrogen and oxygen atoms in total. The summed E-state index contributed by atoms with van der Waals surface area (Å²) in [6.45, 7) is 1.10. The highest BCUT2D eigenvalue weighted by Gasteiger charge is 2.26. The van der Waals surface area contributed by atoms with Gasteiger partial charge in [-0.1, -0.05) is 35.3 Å². The van der Waals surface area contributed by atoms with E-state index in [-0.39, 0.29) is 24.5 Å². The van der Waals surface area contributed by atoms with Gasteiger partial charge in [-0.05, 0) is 36.4 Å². The first kappa shape index (κ1) is 19.7. The SMILES string of the molecule is O=C(CCC(=O)N1CCc2[nH]nc(-c3ccc(Cl)cc3)c2C1)c1ccc(Cl)cc1. The van der Waals surface area contributed by atoms with Crippen molar-refractivity contribution in [2.24, 2.45) is 0 Å². The quantitative estimate of drug-likeness (QED) is 0.586. The smallest absolute Gasteiger partial charge is 0.223 e. The monoisotopic (exact) mass is 427 g/mol. The zero-order valence-corrected chi connectivity index (χ0v) is 17.1. The second-order valence-electron chi connectivity index (χ2n) is 7.03. The molecule has 0 radical (unpaired) electrons. The molecule has 4 rings (SSSR count). The van der Waals surface area contributed by atoms with Crippen LogP contribution in [0.1, 0.15) is 34.5 Å². The van der Waals surface area contributed by atoms with E-state index in [9.17, 15) is 9.59 Å². The number of fused-ring (bicyclic) bond motifs is 1. The van der Waals surface area contributed by atoms with Crippen LogP contribution in [-0.4, -0.2) is 33.3 Å². The highest BCUT2D eigenvalue weighted by Crippen LogP contribution is 2.29. The van der Waals surface area contributed by atoms with E-state index >= 15 is 0 Å². The molecular weight excluding hydrogens is 409 g/mol. The van der Waals surface area contributed by atoms with Gasteiger partial charge in [0, 0.05) is 64.8 Å². The third-order valence-corrected chi connectivity index (χ3v) is 5.64. The lowest BCUT2D eigenvalue weighted by molar-refractivity contribution is -0.132. The highest BCUT2D eigenvalue weighted by molar-refractivity contribution is 6.31. The maximum atomic E-state index is 12.7. The second-order valence-corrected chi connectivity index (χ2v) is 7.90. The number of rotatable bonds is 5. The van der Waals surface area contributed by atoms with Crippen molar-refractivity contribution in [3.05, 3.63) is 75.4 Å². The molecule has 0 saturated heterocycles. The van der Waals surface area contributed by atoms with Crippen LogP contribution >= 0.6 is 23.2 Å². The Bertz CT molecular complexity index is 1040. The molecule has 0 saturated carbocycles. The fraction of sp³-hybridized carbons (Fsp3) is 0.227. The fourth-order valence-corrected chi connectivity index (χ4v) is 3.77. The van der Waals surface area contributed by atoms with E-state index in [1.807, 2.05) is 24.3 Å². The van der Waals surface area contributed by atoms with Gasteiger partial charge in [-0.15, -0.1) is 0 Å². The molecule has 1 aliphatic rings. The summed E-state index contributed by atoms with van der Waals surface area (Å²) in [6.07, 6.45) is 1.08. The average Bonchev–Trinajstić information content (AvgIpc) is 3.16. The first-order chi connectivity index (χ1) is 14.0. The first-order valence-corrected chi connectivity index (χ1v) is 10.2. The van der Waals surface area contributed by atoms with E-state index in [2.05, 4.69) is 10.2 Å². The zero-order chi connectivity index (χ0) is 20.4. The molecule has 0 aliphatic carbocycles. The van der Waals surface area contributed by atoms with Crippen LogP contribution in [0.15, 0.2) is 48.5 Å². The number of aromatic amines is 1. The van der Waals surface area contributed by atoms with Crippen LogP contribution in [0, 0.1) is 0 Å². The zero-order valence-electron chi connectivity index (χ0n) is 15.6. The maximum absolute atomic E-state index is 12.7. The number of Topliss-reactive ketones (excluding diaryl/α,β-unsaturated/α-hetero) is 1. The molecule has 29 heavy (non-hydrogen) atoms. The number of carbonyl (C=O) groups excluding carboxylic acids is 2. The van der Waals surface area contributed by atoms with Gasteiger partial charge in [0.2, 0.25) is 5.91 Å². The number of hydrogen-bond donors (Lipinski definition) is 1. The number of hydrogen-bond acceptors (Lipinski definition) is 3. The van der Waals surface area contributed by atoms with Gasteiger partial charge >= 0.3 is 0 Å². The van der Waals surface area contributed by atoms with Crippen LogP contribution in [0.4, 0.5) is 0 Å². The van der Waals surface area contributed by atoms with Crippen LogP contribution in [0.3, 0.4) is 0 Å². The molecule has 1 N–H and O–H groups in total.